The molecule has 0 aliphatic carbocycles. The van der Waals surface area contributed by atoms with Gasteiger partial charge < -0.3 is 9.80 Å². The minimum atomic E-state index is 0.160. The summed E-state index contributed by atoms with van der Waals surface area (Å²) in [4.78, 5) is 27.5. The number of benzene rings is 2. The Morgan fingerprint density at radius 2 is 1.96 bits per heavy atom. The summed E-state index contributed by atoms with van der Waals surface area (Å²) >= 11 is 0. The Balaban J connectivity index is 1.42. The number of hydrogen-bond acceptors (Lipinski definition) is 2. The monoisotopic (exact) mass is 338 g/mol. The predicted molar refractivity (Wildman–Crippen MR) is 100 cm³/mol. The van der Waals surface area contributed by atoms with E-state index in [-0.39, 0.29) is 11.8 Å². The Hall–Kier alpha value is -2.36. The van der Waals surface area contributed by atoms with Crippen LogP contribution >= 0.6 is 0 Å². The molecule has 132 valence electrons. The Labute approximate surface area is 149 Å². The van der Waals surface area contributed by atoms with Crippen LogP contribution in [-0.2, 0) is 16.0 Å². The molecule has 2 amide bonds. The molecule has 4 nitrogen and oxygen atoms in total. The van der Waals surface area contributed by atoms with Crippen LogP contribution in [0.4, 0.5) is 0 Å². The lowest BCUT2D eigenvalue weighted by Crippen LogP contribution is -2.36. The van der Waals surface area contributed by atoms with Gasteiger partial charge in [-0.15, -0.1) is 0 Å². The van der Waals surface area contributed by atoms with Gasteiger partial charge in [0.1, 0.15) is 0 Å². The first kappa shape index (κ1) is 17.5. The average Bonchev–Trinajstić information content (AvgIpc) is 3.04. The fourth-order valence-corrected chi connectivity index (χ4v) is 3.36. The molecule has 0 saturated carbocycles. The van der Waals surface area contributed by atoms with Crippen LogP contribution in [0, 0.1) is 0 Å². The fraction of sp³-hybridized carbons (Fsp3) is 0.429. The van der Waals surface area contributed by atoms with E-state index in [1.54, 1.807) is 4.90 Å². The standard InChI is InChI=1S/C21H26N2O2/c1-22(14-15-23-13-5-10-21(23)25)20(24)9-4-6-17-11-12-18-7-2-3-8-19(18)16-17/h2-3,7-8,11-12,16H,4-6,9-10,13-15H2,1H3. The van der Waals surface area contributed by atoms with Crippen molar-refractivity contribution in [1.82, 2.24) is 9.80 Å². The highest BCUT2D eigenvalue weighted by molar-refractivity contribution is 5.83. The maximum absolute atomic E-state index is 12.3. The second kappa shape index (κ2) is 8.15. The van der Waals surface area contributed by atoms with Crippen LogP contribution in [0.1, 0.15) is 31.2 Å². The van der Waals surface area contributed by atoms with Gasteiger partial charge in [0.2, 0.25) is 11.8 Å². The van der Waals surface area contributed by atoms with Crippen LogP contribution in [0.15, 0.2) is 42.5 Å². The van der Waals surface area contributed by atoms with E-state index < -0.39 is 0 Å². The zero-order valence-electron chi connectivity index (χ0n) is 14.9. The molecule has 2 aromatic carbocycles. The summed E-state index contributed by atoms with van der Waals surface area (Å²) < 4.78 is 0. The molecule has 1 fully saturated rings. The van der Waals surface area contributed by atoms with Gasteiger partial charge in [-0.1, -0.05) is 42.5 Å². The van der Waals surface area contributed by atoms with E-state index in [1.807, 2.05) is 18.0 Å². The second-order valence-electron chi connectivity index (χ2n) is 6.83. The van der Waals surface area contributed by atoms with E-state index in [2.05, 4.69) is 36.4 Å². The van der Waals surface area contributed by atoms with E-state index in [4.69, 9.17) is 0 Å². The van der Waals surface area contributed by atoms with Crippen LogP contribution in [0.2, 0.25) is 0 Å². The summed E-state index contributed by atoms with van der Waals surface area (Å²) in [6.07, 6.45) is 3.92. The van der Waals surface area contributed by atoms with Gasteiger partial charge in [0.15, 0.2) is 0 Å². The molecule has 0 atom stereocenters. The zero-order valence-corrected chi connectivity index (χ0v) is 14.9. The summed E-state index contributed by atoms with van der Waals surface area (Å²) in [5.41, 5.74) is 1.27. The number of carbonyl (C=O) groups excluding carboxylic acids is 2. The molecule has 0 radical (unpaired) electrons. The Morgan fingerprint density at radius 1 is 1.16 bits per heavy atom. The quantitative estimate of drug-likeness (QED) is 0.777. The van der Waals surface area contributed by atoms with Gasteiger partial charge in [0.05, 0.1) is 0 Å². The normalized spacial score (nSPS) is 14.3. The van der Waals surface area contributed by atoms with Crippen LogP contribution in [-0.4, -0.2) is 48.3 Å². The van der Waals surface area contributed by atoms with Crippen molar-refractivity contribution in [1.29, 1.82) is 0 Å². The van der Waals surface area contributed by atoms with Crippen LogP contribution < -0.4 is 0 Å². The predicted octanol–water partition coefficient (Wildman–Crippen LogP) is 3.24. The van der Waals surface area contributed by atoms with Gasteiger partial charge >= 0.3 is 0 Å². The molecule has 1 heterocycles. The molecular weight excluding hydrogens is 312 g/mol. The maximum atomic E-state index is 12.3. The minimum absolute atomic E-state index is 0.160. The molecule has 0 N–H and O–H groups in total. The number of likely N-dealkylation sites (tertiary alicyclic amines) is 1. The van der Waals surface area contributed by atoms with E-state index in [0.29, 0.717) is 25.9 Å². The third-order valence-corrected chi connectivity index (χ3v) is 4.97. The smallest absolute Gasteiger partial charge is 0.222 e. The number of hydrogen-bond donors (Lipinski definition) is 0. The van der Waals surface area contributed by atoms with Crippen molar-refractivity contribution in [3.05, 3.63) is 48.0 Å². The number of carbonyl (C=O) groups is 2. The first-order valence-corrected chi connectivity index (χ1v) is 9.13. The molecule has 4 heteroatoms. The number of likely N-dealkylation sites (N-methyl/N-ethyl adjacent to an activating group) is 1. The highest BCUT2D eigenvalue weighted by atomic mass is 16.2. The molecule has 2 aromatic rings. The molecule has 0 aromatic heterocycles. The van der Waals surface area contributed by atoms with Crippen molar-refractivity contribution < 1.29 is 9.59 Å². The molecule has 0 spiro atoms. The second-order valence-corrected chi connectivity index (χ2v) is 6.83. The molecule has 1 saturated heterocycles. The van der Waals surface area contributed by atoms with E-state index >= 15 is 0 Å². The summed E-state index contributed by atoms with van der Waals surface area (Å²) in [6.45, 7) is 2.12. The van der Waals surface area contributed by atoms with Crippen molar-refractivity contribution in [2.24, 2.45) is 0 Å². The van der Waals surface area contributed by atoms with Gasteiger partial charge in [-0.3, -0.25) is 9.59 Å². The lowest BCUT2D eigenvalue weighted by atomic mass is 10.0. The van der Waals surface area contributed by atoms with Crippen molar-refractivity contribution in [2.75, 3.05) is 26.7 Å². The summed E-state index contributed by atoms with van der Waals surface area (Å²) in [5, 5.41) is 2.50. The Kier molecular flexibility index (Phi) is 5.69. The number of fused-ring (bicyclic) bond motifs is 1. The molecule has 0 bridgehead atoms. The molecule has 25 heavy (non-hydrogen) atoms. The number of rotatable bonds is 7. The molecule has 1 aliphatic rings. The SMILES string of the molecule is CN(CCN1CCCC1=O)C(=O)CCCc1ccc2ccccc2c1. The highest BCUT2D eigenvalue weighted by Crippen LogP contribution is 2.17. The zero-order chi connectivity index (χ0) is 17.6. The maximum Gasteiger partial charge on any atom is 0.222 e. The van der Waals surface area contributed by atoms with Crippen molar-refractivity contribution in [3.8, 4) is 0 Å². The van der Waals surface area contributed by atoms with Crippen LogP contribution in [0.3, 0.4) is 0 Å². The first-order chi connectivity index (χ1) is 12.1. The lowest BCUT2D eigenvalue weighted by molar-refractivity contribution is -0.132. The van der Waals surface area contributed by atoms with Gasteiger partial charge in [0.25, 0.3) is 0 Å². The van der Waals surface area contributed by atoms with Crippen molar-refractivity contribution >= 4 is 22.6 Å². The topological polar surface area (TPSA) is 40.6 Å². The highest BCUT2D eigenvalue weighted by Gasteiger charge is 2.20. The summed E-state index contributed by atoms with van der Waals surface area (Å²) in [5.74, 6) is 0.379. The fourth-order valence-electron chi connectivity index (χ4n) is 3.36. The largest absolute Gasteiger partial charge is 0.344 e. The first-order valence-electron chi connectivity index (χ1n) is 9.13. The number of amides is 2. The van der Waals surface area contributed by atoms with E-state index in [0.717, 1.165) is 25.8 Å². The van der Waals surface area contributed by atoms with E-state index in [1.165, 1.54) is 16.3 Å². The average molecular weight is 338 g/mol. The molecule has 1 aliphatic heterocycles. The molecule has 3 rings (SSSR count). The van der Waals surface area contributed by atoms with Crippen molar-refractivity contribution in [3.63, 3.8) is 0 Å². The lowest BCUT2D eigenvalue weighted by Gasteiger charge is -2.22. The van der Waals surface area contributed by atoms with Gasteiger partial charge in [-0.2, -0.15) is 0 Å². The molecule has 0 unspecified atom stereocenters. The van der Waals surface area contributed by atoms with Gasteiger partial charge in [0, 0.05) is 39.5 Å². The van der Waals surface area contributed by atoms with Gasteiger partial charge in [-0.25, -0.2) is 0 Å². The summed E-state index contributed by atoms with van der Waals surface area (Å²) in [6, 6.07) is 14.8. The summed E-state index contributed by atoms with van der Waals surface area (Å²) in [7, 11) is 1.83. The number of nitrogens with zero attached hydrogens (tertiary/aromatic N) is 2. The number of aryl methyl sites for hydroxylation is 1. The van der Waals surface area contributed by atoms with Gasteiger partial charge in [-0.05, 0) is 35.6 Å². The van der Waals surface area contributed by atoms with Crippen LogP contribution in [0.25, 0.3) is 10.8 Å². The Morgan fingerprint density at radius 3 is 2.72 bits per heavy atom. The van der Waals surface area contributed by atoms with Crippen LogP contribution in [0.5, 0.6) is 0 Å². The Bertz CT molecular complexity index is 756. The van der Waals surface area contributed by atoms with Crippen molar-refractivity contribution in [2.45, 2.75) is 32.1 Å². The minimum Gasteiger partial charge on any atom is -0.344 e. The third-order valence-electron chi connectivity index (χ3n) is 4.97. The molecular formula is C21H26N2O2. The van der Waals surface area contributed by atoms with E-state index in [9.17, 15) is 9.59 Å². The third kappa shape index (κ3) is 4.59.